The normalized spacial score (nSPS) is 28.4. The van der Waals surface area contributed by atoms with Crippen molar-refractivity contribution in [1.29, 1.82) is 0 Å². The van der Waals surface area contributed by atoms with E-state index in [2.05, 4.69) is 31.0 Å². The molecule has 5 heteroatoms. The molecule has 0 aromatic heterocycles. The third kappa shape index (κ3) is 3.41. The van der Waals surface area contributed by atoms with Gasteiger partial charge in [0.05, 0.1) is 6.04 Å². The largest absolute Gasteiger partial charge is 0.342 e. The predicted molar refractivity (Wildman–Crippen MR) is 80.7 cm³/mol. The van der Waals surface area contributed by atoms with E-state index in [1.54, 1.807) is 0 Å². The average Bonchev–Trinajstić information content (AvgIpc) is 3.01. The van der Waals surface area contributed by atoms with Crippen molar-refractivity contribution in [2.45, 2.75) is 39.7 Å². The summed E-state index contributed by atoms with van der Waals surface area (Å²) in [6, 6.07) is 0.0462. The first-order chi connectivity index (χ1) is 8.62. The second-order valence-electron chi connectivity index (χ2n) is 5.83. The van der Waals surface area contributed by atoms with E-state index in [0.29, 0.717) is 11.3 Å². The molecule has 2 fully saturated rings. The van der Waals surface area contributed by atoms with Crippen LogP contribution >= 0.6 is 12.4 Å². The van der Waals surface area contributed by atoms with Crippen molar-refractivity contribution in [3.05, 3.63) is 0 Å². The summed E-state index contributed by atoms with van der Waals surface area (Å²) in [6.07, 6.45) is 2.52. The van der Waals surface area contributed by atoms with Crippen LogP contribution < -0.4 is 5.32 Å². The van der Waals surface area contributed by atoms with Crippen LogP contribution in [0, 0.1) is 5.41 Å². The lowest BCUT2D eigenvalue weighted by atomic mass is 9.86. The lowest BCUT2D eigenvalue weighted by molar-refractivity contribution is -0.135. The zero-order chi connectivity index (χ0) is 13.2. The highest BCUT2D eigenvalue weighted by Crippen LogP contribution is 2.36. The summed E-state index contributed by atoms with van der Waals surface area (Å²) in [5, 5.41) is 3.47. The third-order valence-corrected chi connectivity index (χ3v) is 4.78. The highest BCUT2D eigenvalue weighted by molar-refractivity contribution is 5.85. The molecular formula is C14H28ClN3O. The molecule has 112 valence electrons. The SMILES string of the molecule is CCN(CC)C(=O)C(C)N1CCC2(CCNC2)C1.Cl. The van der Waals surface area contributed by atoms with Crippen LogP contribution in [0.5, 0.6) is 0 Å². The molecule has 19 heavy (non-hydrogen) atoms. The highest BCUT2D eigenvalue weighted by Gasteiger charge is 2.42. The third-order valence-electron chi connectivity index (χ3n) is 4.78. The van der Waals surface area contributed by atoms with Crippen molar-refractivity contribution < 1.29 is 4.79 Å². The van der Waals surface area contributed by atoms with Crippen molar-refractivity contribution >= 4 is 18.3 Å². The van der Waals surface area contributed by atoms with Gasteiger partial charge in [-0.05, 0) is 52.1 Å². The standard InChI is InChI=1S/C14H27N3O.ClH/c1-4-16(5-2)13(18)12(3)17-9-7-14(11-17)6-8-15-10-14;/h12,15H,4-11H2,1-3H3;1H. The number of halogens is 1. The second kappa shape index (κ2) is 6.91. The summed E-state index contributed by atoms with van der Waals surface area (Å²) < 4.78 is 0. The number of carbonyl (C=O) groups excluding carboxylic acids is 1. The van der Waals surface area contributed by atoms with Crippen LogP contribution in [0.1, 0.15) is 33.6 Å². The van der Waals surface area contributed by atoms with Crippen LogP contribution in [0.2, 0.25) is 0 Å². The summed E-state index contributed by atoms with van der Waals surface area (Å²) in [7, 11) is 0. The Balaban J connectivity index is 0.00000180. The molecule has 2 aliphatic rings. The predicted octanol–water partition coefficient (Wildman–Crippen LogP) is 1.35. The van der Waals surface area contributed by atoms with Gasteiger partial charge in [-0.3, -0.25) is 9.69 Å². The maximum Gasteiger partial charge on any atom is 0.239 e. The van der Waals surface area contributed by atoms with Gasteiger partial charge in [-0.25, -0.2) is 0 Å². The number of likely N-dealkylation sites (tertiary alicyclic amines) is 1. The van der Waals surface area contributed by atoms with Crippen molar-refractivity contribution in [3.8, 4) is 0 Å². The minimum absolute atomic E-state index is 0. The minimum atomic E-state index is 0. The van der Waals surface area contributed by atoms with E-state index >= 15 is 0 Å². The minimum Gasteiger partial charge on any atom is -0.342 e. The number of hydrogen-bond acceptors (Lipinski definition) is 3. The number of likely N-dealkylation sites (N-methyl/N-ethyl adjacent to an activating group) is 1. The Bertz CT molecular complexity index is 301. The van der Waals surface area contributed by atoms with Gasteiger partial charge in [0.2, 0.25) is 5.91 Å². The van der Waals surface area contributed by atoms with E-state index in [4.69, 9.17) is 0 Å². The smallest absolute Gasteiger partial charge is 0.239 e. The van der Waals surface area contributed by atoms with Gasteiger partial charge in [-0.1, -0.05) is 0 Å². The Morgan fingerprint density at radius 1 is 1.37 bits per heavy atom. The average molecular weight is 290 g/mol. The fourth-order valence-electron chi connectivity index (χ4n) is 3.40. The van der Waals surface area contributed by atoms with Gasteiger partial charge in [0.25, 0.3) is 0 Å². The van der Waals surface area contributed by atoms with E-state index in [1.807, 2.05) is 4.90 Å². The first-order valence-electron chi connectivity index (χ1n) is 7.35. The molecular weight excluding hydrogens is 262 g/mol. The molecule has 0 aliphatic carbocycles. The zero-order valence-corrected chi connectivity index (χ0v) is 13.3. The van der Waals surface area contributed by atoms with Crippen LogP contribution in [0.4, 0.5) is 0 Å². The van der Waals surface area contributed by atoms with Gasteiger partial charge in [-0.2, -0.15) is 0 Å². The summed E-state index contributed by atoms with van der Waals surface area (Å²) in [4.78, 5) is 16.7. The van der Waals surface area contributed by atoms with Crippen molar-refractivity contribution in [1.82, 2.24) is 15.1 Å². The highest BCUT2D eigenvalue weighted by atomic mass is 35.5. The quantitative estimate of drug-likeness (QED) is 0.849. The van der Waals surface area contributed by atoms with Gasteiger partial charge in [-0.15, -0.1) is 12.4 Å². The molecule has 1 N–H and O–H groups in total. The van der Waals surface area contributed by atoms with Crippen molar-refractivity contribution in [2.75, 3.05) is 39.3 Å². The molecule has 0 aromatic rings. The first kappa shape index (κ1) is 16.7. The molecule has 0 saturated carbocycles. The Morgan fingerprint density at radius 3 is 2.58 bits per heavy atom. The fourth-order valence-corrected chi connectivity index (χ4v) is 3.40. The van der Waals surface area contributed by atoms with Crippen LogP contribution in [0.15, 0.2) is 0 Å². The summed E-state index contributed by atoms with van der Waals surface area (Å²) in [5.41, 5.74) is 0.456. The maximum absolute atomic E-state index is 12.4. The monoisotopic (exact) mass is 289 g/mol. The van der Waals surface area contributed by atoms with Crippen LogP contribution in [-0.4, -0.2) is 61.0 Å². The molecule has 2 rings (SSSR count). The Morgan fingerprint density at radius 2 is 2.05 bits per heavy atom. The Kier molecular flexibility index (Phi) is 6.09. The summed E-state index contributed by atoms with van der Waals surface area (Å²) >= 11 is 0. The van der Waals surface area contributed by atoms with Gasteiger partial charge >= 0.3 is 0 Å². The number of amides is 1. The molecule has 2 heterocycles. The van der Waals surface area contributed by atoms with E-state index < -0.39 is 0 Å². The number of rotatable bonds is 4. The molecule has 2 atom stereocenters. The molecule has 1 spiro atoms. The number of carbonyl (C=O) groups is 1. The van der Waals surface area contributed by atoms with Gasteiger partial charge in [0, 0.05) is 26.2 Å². The molecule has 0 radical (unpaired) electrons. The first-order valence-corrected chi connectivity index (χ1v) is 7.35. The van der Waals surface area contributed by atoms with Crippen molar-refractivity contribution in [2.24, 2.45) is 5.41 Å². The molecule has 2 aliphatic heterocycles. The molecule has 0 aromatic carbocycles. The fraction of sp³-hybridized carbons (Fsp3) is 0.929. The Hall–Kier alpha value is -0.320. The molecule has 2 saturated heterocycles. The van der Waals surface area contributed by atoms with Gasteiger partial charge in [0.1, 0.15) is 0 Å². The number of hydrogen-bond donors (Lipinski definition) is 1. The lowest BCUT2D eigenvalue weighted by Crippen LogP contribution is -2.47. The summed E-state index contributed by atoms with van der Waals surface area (Å²) in [5.74, 6) is 0.294. The van der Waals surface area contributed by atoms with E-state index in [1.165, 1.54) is 12.8 Å². The van der Waals surface area contributed by atoms with E-state index in [9.17, 15) is 4.79 Å². The molecule has 0 bridgehead atoms. The molecule has 4 nitrogen and oxygen atoms in total. The Labute approximate surface area is 123 Å². The summed E-state index contributed by atoms with van der Waals surface area (Å²) in [6.45, 7) is 12.3. The van der Waals surface area contributed by atoms with Crippen LogP contribution in [0.3, 0.4) is 0 Å². The lowest BCUT2D eigenvalue weighted by Gasteiger charge is -2.30. The van der Waals surface area contributed by atoms with Gasteiger partial charge in [0.15, 0.2) is 0 Å². The number of nitrogens with zero attached hydrogens (tertiary/aromatic N) is 2. The van der Waals surface area contributed by atoms with Crippen molar-refractivity contribution in [3.63, 3.8) is 0 Å². The van der Waals surface area contributed by atoms with Gasteiger partial charge < -0.3 is 10.2 Å². The number of nitrogens with one attached hydrogen (secondary N) is 1. The van der Waals surface area contributed by atoms with Crippen LogP contribution in [0.25, 0.3) is 0 Å². The maximum atomic E-state index is 12.4. The molecule has 1 amide bonds. The van der Waals surface area contributed by atoms with E-state index in [0.717, 1.165) is 39.3 Å². The molecule has 2 unspecified atom stereocenters. The van der Waals surface area contributed by atoms with Crippen LogP contribution in [-0.2, 0) is 4.79 Å². The second-order valence-corrected chi connectivity index (χ2v) is 5.83. The zero-order valence-electron chi connectivity index (χ0n) is 12.4. The topological polar surface area (TPSA) is 35.6 Å². The van der Waals surface area contributed by atoms with E-state index in [-0.39, 0.29) is 18.4 Å².